The molecule has 1 saturated carbocycles. The Labute approximate surface area is 117 Å². The van der Waals surface area contributed by atoms with Crippen molar-refractivity contribution in [2.75, 3.05) is 24.5 Å². The normalized spacial score (nSPS) is 22.2. The first kappa shape index (κ1) is 13.7. The van der Waals surface area contributed by atoms with Crippen LogP contribution >= 0.6 is 0 Å². The van der Waals surface area contributed by atoms with Gasteiger partial charge >= 0.3 is 0 Å². The molecular formula is C15H19F3N2. The van der Waals surface area contributed by atoms with Gasteiger partial charge in [-0.25, -0.2) is 13.2 Å². The van der Waals surface area contributed by atoms with E-state index < -0.39 is 17.5 Å². The molecule has 110 valence electrons. The Morgan fingerprint density at radius 3 is 2.55 bits per heavy atom. The summed E-state index contributed by atoms with van der Waals surface area (Å²) in [5, 5.41) is 3.55. The zero-order valence-corrected chi connectivity index (χ0v) is 11.4. The molecule has 1 aliphatic heterocycles. The number of halogens is 3. The van der Waals surface area contributed by atoms with E-state index in [4.69, 9.17) is 0 Å². The predicted molar refractivity (Wildman–Crippen MR) is 72.3 cm³/mol. The van der Waals surface area contributed by atoms with Gasteiger partial charge in [-0.1, -0.05) is 12.8 Å². The Hall–Kier alpha value is -1.23. The van der Waals surface area contributed by atoms with Crippen LogP contribution in [0.1, 0.15) is 32.1 Å². The maximum atomic E-state index is 14.0. The van der Waals surface area contributed by atoms with Gasteiger partial charge in [0.1, 0.15) is 5.82 Å². The van der Waals surface area contributed by atoms with E-state index in [0.717, 1.165) is 44.7 Å². The van der Waals surface area contributed by atoms with Crippen LogP contribution in [0.5, 0.6) is 0 Å². The Morgan fingerprint density at radius 2 is 1.80 bits per heavy atom. The van der Waals surface area contributed by atoms with Crippen molar-refractivity contribution < 1.29 is 13.2 Å². The Morgan fingerprint density at radius 1 is 1.05 bits per heavy atom. The van der Waals surface area contributed by atoms with Gasteiger partial charge in [-0.15, -0.1) is 0 Å². The van der Waals surface area contributed by atoms with Crippen LogP contribution in [0, 0.1) is 17.5 Å². The molecule has 2 fully saturated rings. The highest BCUT2D eigenvalue weighted by atomic mass is 19.2. The largest absolute Gasteiger partial charge is 0.367 e. The molecule has 1 heterocycles. The fraction of sp³-hybridized carbons (Fsp3) is 0.600. The zero-order valence-electron chi connectivity index (χ0n) is 11.4. The van der Waals surface area contributed by atoms with E-state index in [1.807, 2.05) is 0 Å². The van der Waals surface area contributed by atoms with Crippen molar-refractivity contribution in [1.29, 1.82) is 0 Å². The third-order valence-corrected chi connectivity index (χ3v) is 4.47. The maximum Gasteiger partial charge on any atom is 0.182 e. The molecule has 1 aromatic carbocycles. The first-order valence-corrected chi connectivity index (χ1v) is 7.24. The van der Waals surface area contributed by atoms with Crippen molar-refractivity contribution in [2.45, 2.75) is 37.6 Å². The summed E-state index contributed by atoms with van der Waals surface area (Å²) < 4.78 is 40.8. The summed E-state index contributed by atoms with van der Waals surface area (Å²) in [5.74, 6) is -2.78. The smallest absolute Gasteiger partial charge is 0.182 e. The second-order valence-electron chi connectivity index (χ2n) is 5.91. The van der Waals surface area contributed by atoms with Gasteiger partial charge in [0.2, 0.25) is 0 Å². The van der Waals surface area contributed by atoms with Crippen LogP contribution in [0.25, 0.3) is 0 Å². The van der Waals surface area contributed by atoms with Crippen LogP contribution < -0.4 is 10.2 Å². The van der Waals surface area contributed by atoms with E-state index in [0.29, 0.717) is 19.2 Å². The minimum absolute atomic E-state index is 0.0221. The highest BCUT2D eigenvalue weighted by Crippen LogP contribution is 2.34. The van der Waals surface area contributed by atoms with Crippen molar-refractivity contribution in [3.63, 3.8) is 0 Å². The van der Waals surface area contributed by atoms with Gasteiger partial charge in [0.05, 0.1) is 5.69 Å². The van der Waals surface area contributed by atoms with Crippen LogP contribution in [0.15, 0.2) is 12.1 Å². The molecule has 1 N–H and O–H groups in total. The van der Waals surface area contributed by atoms with Crippen LogP contribution in [-0.4, -0.2) is 25.2 Å². The third kappa shape index (κ3) is 2.51. The molecule has 1 aromatic rings. The topological polar surface area (TPSA) is 15.3 Å². The monoisotopic (exact) mass is 284 g/mol. The maximum absolute atomic E-state index is 14.0. The summed E-state index contributed by atoms with van der Waals surface area (Å²) in [6.07, 6.45) is 5.24. The fourth-order valence-corrected chi connectivity index (χ4v) is 3.49. The number of anilines is 1. The Balaban J connectivity index is 1.92. The minimum Gasteiger partial charge on any atom is -0.367 e. The average Bonchev–Trinajstić information content (AvgIpc) is 2.75. The average molecular weight is 284 g/mol. The van der Waals surface area contributed by atoms with Gasteiger partial charge in [0.25, 0.3) is 0 Å². The second kappa shape index (κ2) is 5.28. The molecule has 1 spiro atoms. The first-order valence-electron chi connectivity index (χ1n) is 7.24. The SMILES string of the molecule is Fc1cc(F)c(F)c(N2CCCNC3(CCCC3)C2)c1. The molecule has 1 aliphatic carbocycles. The molecular weight excluding hydrogens is 265 g/mol. The van der Waals surface area contributed by atoms with Crippen molar-refractivity contribution in [3.05, 3.63) is 29.6 Å². The van der Waals surface area contributed by atoms with E-state index in [9.17, 15) is 13.2 Å². The fourth-order valence-electron chi connectivity index (χ4n) is 3.49. The first-order chi connectivity index (χ1) is 9.60. The molecule has 20 heavy (non-hydrogen) atoms. The molecule has 0 bridgehead atoms. The number of hydrogen-bond donors (Lipinski definition) is 1. The summed E-state index contributed by atoms with van der Waals surface area (Å²) in [5.41, 5.74) is 0.0311. The molecule has 1 saturated heterocycles. The minimum atomic E-state index is -1.11. The van der Waals surface area contributed by atoms with Crippen molar-refractivity contribution in [2.24, 2.45) is 0 Å². The molecule has 0 unspecified atom stereocenters. The van der Waals surface area contributed by atoms with Crippen molar-refractivity contribution in [3.8, 4) is 0 Å². The lowest BCUT2D eigenvalue weighted by molar-refractivity contribution is 0.353. The van der Waals surface area contributed by atoms with E-state index in [1.165, 1.54) is 0 Å². The zero-order chi connectivity index (χ0) is 14.2. The number of benzene rings is 1. The number of nitrogens with one attached hydrogen (secondary N) is 1. The van der Waals surface area contributed by atoms with Gasteiger partial charge in [0.15, 0.2) is 11.6 Å². The van der Waals surface area contributed by atoms with Gasteiger partial charge in [0, 0.05) is 30.8 Å². The summed E-state index contributed by atoms with van der Waals surface area (Å²) in [4.78, 5) is 1.80. The van der Waals surface area contributed by atoms with E-state index >= 15 is 0 Å². The second-order valence-corrected chi connectivity index (χ2v) is 5.91. The van der Waals surface area contributed by atoms with E-state index in [1.54, 1.807) is 4.90 Å². The molecule has 5 heteroatoms. The molecule has 2 nitrogen and oxygen atoms in total. The van der Waals surface area contributed by atoms with Crippen LogP contribution in [-0.2, 0) is 0 Å². The molecule has 0 amide bonds. The summed E-state index contributed by atoms with van der Waals surface area (Å²) in [6, 6.07) is 1.70. The number of rotatable bonds is 1. The standard InChI is InChI=1S/C15H19F3N2/c16-11-8-12(17)14(18)13(9-11)20-7-3-6-19-15(10-20)4-1-2-5-15/h8-9,19H,1-7,10H2. The highest BCUT2D eigenvalue weighted by Gasteiger charge is 2.37. The lowest BCUT2D eigenvalue weighted by Crippen LogP contribution is -2.49. The number of hydrogen-bond acceptors (Lipinski definition) is 2. The van der Waals surface area contributed by atoms with E-state index in [2.05, 4.69) is 5.32 Å². The highest BCUT2D eigenvalue weighted by molar-refractivity contribution is 5.49. The van der Waals surface area contributed by atoms with Crippen molar-refractivity contribution >= 4 is 5.69 Å². The Bertz CT molecular complexity index is 498. The molecule has 0 radical (unpaired) electrons. The van der Waals surface area contributed by atoms with Crippen molar-refractivity contribution in [1.82, 2.24) is 5.32 Å². The van der Waals surface area contributed by atoms with Gasteiger partial charge in [-0.05, 0) is 25.8 Å². The van der Waals surface area contributed by atoms with Gasteiger partial charge < -0.3 is 10.2 Å². The van der Waals surface area contributed by atoms with Crippen LogP contribution in [0.2, 0.25) is 0 Å². The summed E-state index contributed by atoms with van der Waals surface area (Å²) in [7, 11) is 0. The molecule has 0 aromatic heterocycles. The lowest BCUT2D eigenvalue weighted by Gasteiger charge is -2.34. The number of nitrogens with zero attached hydrogens (tertiary/aromatic N) is 1. The summed E-state index contributed by atoms with van der Waals surface area (Å²) >= 11 is 0. The molecule has 2 aliphatic rings. The Kier molecular flexibility index (Phi) is 3.63. The quantitative estimate of drug-likeness (QED) is 0.797. The van der Waals surface area contributed by atoms with Gasteiger partial charge in [-0.3, -0.25) is 0 Å². The van der Waals surface area contributed by atoms with E-state index in [-0.39, 0.29) is 11.2 Å². The molecule has 3 rings (SSSR count). The molecule has 0 atom stereocenters. The predicted octanol–water partition coefficient (Wildman–Crippen LogP) is 3.22. The third-order valence-electron chi connectivity index (χ3n) is 4.47. The lowest BCUT2D eigenvalue weighted by atomic mass is 9.97. The van der Waals surface area contributed by atoms with Gasteiger partial charge in [-0.2, -0.15) is 0 Å². The van der Waals surface area contributed by atoms with Crippen LogP contribution in [0.4, 0.5) is 18.9 Å². The summed E-state index contributed by atoms with van der Waals surface area (Å²) in [6.45, 7) is 2.11. The van der Waals surface area contributed by atoms with Crippen LogP contribution in [0.3, 0.4) is 0 Å².